The molecule has 0 amide bonds. The Morgan fingerprint density at radius 2 is 2.00 bits per heavy atom. The van der Waals surface area contributed by atoms with Crippen LogP contribution in [0.5, 0.6) is 5.75 Å². The maximum absolute atomic E-state index is 6.18. The number of aryl methyl sites for hydroxylation is 1. The summed E-state index contributed by atoms with van der Waals surface area (Å²) in [7, 11) is 3.64. The molecule has 0 fully saturated rings. The summed E-state index contributed by atoms with van der Waals surface area (Å²) in [6.45, 7) is 0. The second-order valence-electron chi connectivity index (χ2n) is 3.32. The highest BCUT2D eigenvalue weighted by Crippen LogP contribution is 2.36. The highest BCUT2D eigenvalue weighted by atomic mass is 35.5. The predicted octanol–water partition coefficient (Wildman–Crippen LogP) is 3.35. The van der Waals surface area contributed by atoms with E-state index in [1.54, 1.807) is 7.11 Å². The maximum Gasteiger partial charge on any atom is 0.129 e. The van der Waals surface area contributed by atoms with Crippen molar-refractivity contribution in [3.8, 4) is 17.0 Å². The third-order valence-corrected chi connectivity index (χ3v) is 2.71. The van der Waals surface area contributed by atoms with E-state index in [1.165, 1.54) is 0 Å². The molecule has 0 saturated carbocycles. The molecule has 1 aromatic carbocycles. The molecule has 0 spiro atoms. The van der Waals surface area contributed by atoms with Crippen LogP contribution in [0.3, 0.4) is 0 Å². The number of aromatic nitrogens is 1. The van der Waals surface area contributed by atoms with Gasteiger partial charge in [-0.2, -0.15) is 0 Å². The first kappa shape index (κ1) is 10.1. The minimum Gasteiger partial charge on any atom is -0.496 e. The van der Waals surface area contributed by atoms with Gasteiger partial charge < -0.3 is 9.30 Å². The van der Waals surface area contributed by atoms with E-state index >= 15 is 0 Å². The third-order valence-electron chi connectivity index (χ3n) is 2.40. The van der Waals surface area contributed by atoms with Crippen molar-refractivity contribution in [3.63, 3.8) is 0 Å². The number of hydrogen-bond donors (Lipinski definition) is 0. The monoisotopic (exact) mass is 221 g/mol. The summed E-state index contributed by atoms with van der Waals surface area (Å²) in [5, 5.41) is 0.705. The van der Waals surface area contributed by atoms with Crippen LogP contribution >= 0.6 is 11.6 Å². The molecule has 2 rings (SSSR count). The van der Waals surface area contributed by atoms with Gasteiger partial charge in [0.15, 0.2) is 0 Å². The zero-order chi connectivity index (χ0) is 10.8. The first-order valence-corrected chi connectivity index (χ1v) is 5.06. The number of ether oxygens (including phenoxy) is 1. The average molecular weight is 222 g/mol. The second kappa shape index (κ2) is 3.99. The standard InChI is InChI=1S/C12H12ClNO/c1-14-8-4-6-10(14)12-9(13)5-3-7-11(12)15-2/h3-8H,1-2H3. The summed E-state index contributed by atoms with van der Waals surface area (Å²) in [6, 6.07) is 9.66. The molecule has 0 saturated heterocycles. The fourth-order valence-corrected chi connectivity index (χ4v) is 1.91. The lowest BCUT2D eigenvalue weighted by Crippen LogP contribution is -1.93. The third kappa shape index (κ3) is 1.73. The van der Waals surface area contributed by atoms with Gasteiger partial charge in [-0.15, -0.1) is 0 Å². The van der Waals surface area contributed by atoms with E-state index in [2.05, 4.69) is 0 Å². The largest absolute Gasteiger partial charge is 0.496 e. The molecule has 15 heavy (non-hydrogen) atoms. The summed E-state index contributed by atoms with van der Waals surface area (Å²) in [5.41, 5.74) is 1.99. The normalized spacial score (nSPS) is 10.3. The highest BCUT2D eigenvalue weighted by molar-refractivity contribution is 6.33. The zero-order valence-corrected chi connectivity index (χ0v) is 9.45. The number of hydrogen-bond acceptors (Lipinski definition) is 1. The molecular formula is C12H12ClNO. The van der Waals surface area contributed by atoms with Crippen LogP contribution in [-0.4, -0.2) is 11.7 Å². The van der Waals surface area contributed by atoms with Crippen LogP contribution < -0.4 is 4.74 Å². The van der Waals surface area contributed by atoms with Crippen LogP contribution in [-0.2, 0) is 7.05 Å². The maximum atomic E-state index is 6.18. The molecule has 0 aliphatic heterocycles. The molecule has 0 aliphatic carbocycles. The van der Waals surface area contributed by atoms with E-state index in [4.69, 9.17) is 16.3 Å². The Labute approximate surface area is 94.1 Å². The van der Waals surface area contributed by atoms with Gasteiger partial charge in [0.25, 0.3) is 0 Å². The molecule has 0 atom stereocenters. The lowest BCUT2D eigenvalue weighted by atomic mass is 10.1. The van der Waals surface area contributed by atoms with Crippen molar-refractivity contribution in [3.05, 3.63) is 41.6 Å². The van der Waals surface area contributed by atoms with E-state index in [1.807, 2.05) is 48.1 Å². The molecule has 0 aliphatic rings. The first-order valence-electron chi connectivity index (χ1n) is 4.68. The van der Waals surface area contributed by atoms with E-state index in [0.29, 0.717) is 5.02 Å². The molecule has 2 nitrogen and oxygen atoms in total. The van der Waals surface area contributed by atoms with Gasteiger partial charge in [0.2, 0.25) is 0 Å². The SMILES string of the molecule is COc1cccc(Cl)c1-c1cccn1C. The molecular weight excluding hydrogens is 210 g/mol. The van der Waals surface area contributed by atoms with Crippen molar-refractivity contribution >= 4 is 11.6 Å². The second-order valence-corrected chi connectivity index (χ2v) is 3.73. The highest BCUT2D eigenvalue weighted by Gasteiger charge is 2.11. The van der Waals surface area contributed by atoms with Gasteiger partial charge in [0.05, 0.1) is 23.4 Å². The Morgan fingerprint density at radius 3 is 2.60 bits per heavy atom. The molecule has 1 aromatic heterocycles. The smallest absolute Gasteiger partial charge is 0.129 e. The van der Waals surface area contributed by atoms with Crippen molar-refractivity contribution in [2.45, 2.75) is 0 Å². The van der Waals surface area contributed by atoms with E-state index < -0.39 is 0 Å². The summed E-state index contributed by atoms with van der Waals surface area (Å²) < 4.78 is 7.32. The molecule has 0 N–H and O–H groups in total. The Hall–Kier alpha value is -1.41. The van der Waals surface area contributed by atoms with Crippen molar-refractivity contribution in [1.82, 2.24) is 4.57 Å². The summed E-state index contributed by atoms with van der Waals surface area (Å²) in [4.78, 5) is 0. The molecule has 0 radical (unpaired) electrons. The van der Waals surface area contributed by atoms with Crippen molar-refractivity contribution < 1.29 is 4.74 Å². The number of halogens is 1. The minimum absolute atomic E-state index is 0.705. The summed E-state index contributed by atoms with van der Waals surface area (Å²) in [5.74, 6) is 0.796. The predicted molar refractivity (Wildman–Crippen MR) is 62.4 cm³/mol. The van der Waals surface area contributed by atoms with E-state index in [0.717, 1.165) is 17.0 Å². The van der Waals surface area contributed by atoms with E-state index in [-0.39, 0.29) is 0 Å². The molecule has 1 heterocycles. The van der Waals surface area contributed by atoms with Gasteiger partial charge in [-0.1, -0.05) is 17.7 Å². The quantitative estimate of drug-likeness (QED) is 0.759. The van der Waals surface area contributed by atoms with Gasteiger partial charge in [-0.05, 0) is 24.3 Å². The van der Waals surface area contributed by atoms with Gasteiger partial charge in [0.1, 0.15) is 5.75 Å². The molecule has 3 heteroatoms. The van der Waals surface area contributed by atoms with Gasteiger partial charge in [0, 0.05) is 13.2 Å². The minimum atomic E-state index is 0.705. The molecule has 0 unspecified atom stereocenters. The van der Waals surface area contributed by atoms with Crippen LogP contribution in [0.1, 0.15) is 0 Å². The Kier molecular flexibility index (Phi) is 2.69. The van der Waals surface area contributed by atoms with Gasteiger partial charge in [-0.25, -0.2) is 0 Å². The lowest BCUT2D eigenvalue weighted by molar-refractivity contribution is 0.416. The van der Waals surface area contributed by atoms with Crippen LogP contribution in [0.4, 0.5) is 0 Å². The summed E-state index contributed by atoms with van der Waals surface area (Å²) in [6.07, 6.45) is 1.98. The van der Waals surface area contributed by atoms with Crippen LogP contribution in [0.2, 0.25) is 5.02 Å². The number of rotatable bonds is 2. The average Bonchev–Trinajstić information content (AvgIpc) is 2.64. The van der Waals surface area contributed by atoms with E-state index in [9.17, 15) is 0 Å². The van der Waals surface area contributed by atoms with Gasteiger partial charge >= 0.3 is 0 Å². The van der Waals surface area contributed by atoms with Crippen LogP contribution in [0.15, 0.2) is 36.5 Å². The number of benzene rings is 1. The molecule has 0 bridgehead atoms. The fraction of sp³-hybridized carbons (Fsp3) is 0.167. The summed E-state index contributed by atoms with van der Waals surface area (Å²) >= 11 is 6.18. The van der Waals surface area contributed by atoms with Crippen molar-refractivity contribution in [2.24, 2.45) is 7.05 Å². The fourth-order valence-electron chi connectivity index (χ4n) is 1.64. The topological polar surface area (TPSA) is 14.2 Å². The number of methoxy groups -OCH3 is 1. The van der Waals surface area contributed by atoms with Gasteiger partial charge in [-0.3, -0.25) is 0 Å². The zero-order valence-electron chi connectivity index (χ0n) is 8.70. The Bertz CT molecular complexity index is 476. The first-order chi connectivity index (χ1) is 7.24. The molecule has 78 valence electrons. The van der Waals surface area contributed by atoms with Crippen LogP contribution in [0.25, 0.3) is 11.3 Å². The van der Waals surface area contributed by atoms with Crippen molar-refractivity contribution in [2.75, 3.05) is 7.11 Å². The Balaban J connectivity index is 2.66. The molecule has 2 aromatic rings. The van der Waals surface area contributed by atoms with Crippen LogP contribution in [0, 0.1) is 0 Å². The van der Waals surface area contributed by atoms with Crippen molar-refractivity contribution in [1.29, 1.82) is 0 Å². The lowest BCUT2D eigenvalue weighted by Gasteiger charge is -2.11. The Morgan fingerprint density at radius 1 is 1.20 bits per heavy atom. The number of nitrogens with zero attached hydrogens (tertiary/aromatic N) is 1.